The minimum atomic E-state index is 0. The zero-order valence-electron chi connectivity index (χ0n) is 27.6. The fourth-order valence-electron chi connectivity index (χ4n) is 4.52. The first-order valence-electron chi connectivity index (χ1n) is 15.3. The minimum absolute atomic E-state index is 0. The van der Waals surface area contributed by atoms with Gasteiger partial charge in [0.1, 0.15) is 0 Å². The number of para-hydroxylation sites is 6. The van der Waals surface area contributed by atoms with Crippen molar-refractivity contribution in [1.29, 1.82) is 0 Å². The van der Waals surface area contributed by atoms with Gasteiger partial charge in [-0.1, -0.05) is 179 Å². The monoisotopic (exact) mass is 640 g/mol. The van der Waals surface area contributed by atoms with Crippen molar-refractivity contribution in [2.45, 2.75) is 41.5 Å². The molecule has 0 saturated heterocycles. The van der Waals surface area contributed by atoms with Gasteiger partial charge in [-0.2, -0.15) is 0 Å². The van der Waals surface area contributed by atoms with Gasteiger partial charge in [0.05, 0.1) is 0 Å². The summed E-state index contributed by atoms with van der Waals surface area (Å²) in [6, 6.07) is 49.1. The van der Waals surface area contributed by atoms with Gasteiger partial charge in [-0.05, 0) is 41.5 Å². The average Bonchev–Trinajstić information content (AvgIpc) is 3.04. The molecule has 0 spiro atoms. The van der Waals surface area contributed by atoms with E-state index in [0.717, 1.165) is 34.1 Å². The van der Waals surface area contributed by atoms with Crippen LogP contribution in [0.15, 0.2) is 146 Å². The van der Waals surface area contributed by atoms with Gasteiger partial charge in [0.15, 0.2) is 0 Å². The van der Waals surface area contributed by atoms with Crippen molar-refractivity contribution in [2.75, 3.05) is 0 Å². The second kappa shape index (κ2) is 18.3. The predicted molar refractivity (Wildman–Crippen MR) is 195 cm³/mol. The molecule has 6 aromatic rings. The molecular formula is C42H42CrN3. The van der Waals surface area contributed by atoms with Crippen LogP contribution in [-0.4, -0.2) is 0 Å². The molecule has 0 fully saturated rings. The Labute approximate surface area is 286 Å². The molecule has 46 heavy (non-hydrogen) atoms. The molecule has 0 bridgehead atoms. The summed E-state index contributed by atoms with van der Waals surface area (Å²) in [6.07, 6.45) is 0. The van der Waals surface area contributed by atoms with Crippen LogP contribution in [0.5, 0.6) is 0 Å². The molecule has 231 valence electrons. The zero-order valence-corrected chi connectivity index (χ0v) is 28.9. The second-order valence-corrected chi connectivity index (χ2v) is 11.1. The molecular weight excluding hydrogens is 598 g/mol. The van der Waals surface area contributed by atoms with Crippen molar-refractivity contribution < 1.29 is 17.4 Å². The molecule has 0 unspecified atom stereocenters. The summed E-state index contributed by atoms with van der Waals surface area (Å²) in [5, 5.41) is 13.9. The first kappa shape index (κ1) is 35.7. The van der Waals surface area contributed by atoms with Crippen molar-refractivity contribution in [2.24, 2.45) is 0 Å². The summed E-state index contributed by atoms with van der Waals surface area (Å²) in [6.45, 7) is 12.5. The SMILES string of the molecule is Cc1ccccc1[N-]c1ccccc1C.Cc1ccccc1[N-]c1ccccc1C.Cc1ccccc1[N-]c1ccccc1C.[Cr+3]. The van der Waals surface area contributed by atoms with E-state index in [1.165, 1.54) is 33.4 Å². The summed E-state index contributed by atoms with van der Waals surface area (Å²) in [5.41, 5.74) is 13.5. The maximum atomic E-state index is 4.64. The van der Waals surface area contributed by atoms with Crippen LogP contribution in [0.3, 0.4) is 0 Å². The van der Waals surface area contributed by atoms with Crippen LogP contribution in [0.2, 0.25) is 0 Å². The third-order valence-electron chi connectivity index (χ3n) is 7.42. The number of rotatable bonds is 6. The Morgan fingerprint density at radius 1 is 0.239 bits per heavy atom. The van der Waals surface area contributed by atoms with Gasteiger partial charge in [-0.25, -0.2) is 0 Å². The molecule has 6 aromatic carbocycles. The van der Waals surface area contributed by atoms with Crippen LogP contribution >= 0.6 is 0 Å². The molecule has 0 N–H and O–H groups in total. The van der Waals surface area contributed by atoms with Gasteiger partial charge in [0, 0.05) is 0 Å². The first-order chi connectivity index (χ1) is 21.8. The number of hydrogen-bond acceptors (Lipinski definition) is 0. The summed E-state index contributed by atoms with van der Waals surface area (Å²) in [4.78, 5) is 0. The van der Waals surface area contributed by atoms with Crippen LogP contribution in [0.1, 0.15) is 33.4 Å². The maximum absolute atomic E-state index is 4.64. The molecule has 4 heteroatoms. The van der Waals surface area contributed by atoms with E-state index in [9.17, 15) is 0 Å². The summed E-state index contributed by atoms with van der Waals surface area (Å²) < 4.78 is 0. The van der Waals surface area contributed by atoms with Crippen molar-refractivity contribution in [3.63, 3.8) is 0 Å². The summed E-state index contributed by atoms with van der Waals surface area (Å²) >= 11 is 0. The molecule has 0 saturated carbocycles. The van der Waals surface area contributed by atoms with Gasteiger partial charge >= 0.3 is 17.4 Å². The molecule has 0 amide bonds. The molecule has 0 aliphatic rings. The van der Waals surface area contributed by atoms with Crippen LogP contribution in [0.25, 0.3) is 16.0 Å². The number of nitrogens with zero attached hydrogens (tertiary/aromatic N) is 3. The van der Waals surface area contributed by atoms with E-state index in [-0.39, 0.29) is 17.4 Å². The largest absolute Gasteiger partial charge is 3.00 e. The quantitative estimate of drug-likeness (QED) is 0.174. The fourth-order valence-corrected chi connectivity index (χ4v) is 4.52. The van der Waals surface area contributed by atoms with Gasteiger partial charge in [0.2, 0.25) is 0 Å². The van der Waals surface area contributed by atoms with Crippen LogP contribution < -0.4 is 0 Å². The summed E-state index contributed by atoms with van der Waals surface area (Å²) in [7, 11) is 0. The molecule has 1 radical (unpaired) electrons. The Balaban J connectivity index is 0.000000186. The molecule has 3 nitrogen and oxygen atoms in total. The standard InChI is InChI=1S/3C14H14N.Cr/c3*1-11-7-3-5-9-13(11)15-14-10-6-4-8-12(14)2;/h3*3-10H,1-2H3;/q3*-1;+3. The van der Waals surface area contributed by atoms with Crippen molar-refractivity contribution in [3.05, 3.63) is 195 Å². The average molecular weight is 641 g/mol. The Kier molecular flexibility index (Phi) is 14.2. The molecule has 0 atom stereocenters. The predicted octanol–water partition coefficient (Wildman–Crippen LogP) is 13.9. The first-order valence-corrected chi connectivity index (χ1v) is 15.3. The molecule has 0 aliphatic heterocycles. The molecule has 0 aromatic heterocycles. The third kappa shape index (κ3) is 10.7. The van der Waals surface area contributed by atoms with E-state index in [2.05, 4.69) is 93.9 Å². The topological polar surface area (TPSA) is 42.3 Å². The number of benzene rings is 6. The Morgan fingerprint density at radius 3 is 0.500 bits per heavy atom. The molecule has 0 heterocycles. The Bertz CT molecular complexity index is 1470. The maximum Gasteiger partial charge on any atom is 3.00 e. The molecule has 0 aliphatic carbocycles. The van der Waals surface area contributed by atoms with E-state index in [4.69, 9.17) is 0 Å². The third-order valence-corrected chi connectivity index (χ3v) is 7.42. The van der Waals surface area contributed by atoms with E-state index in [1.54, 1.807) is 0 Å². The molecule has 6 rings (SSSR count). The minimum Gasteiger partial charge on any atom is -0.657 e. The van der Waals surface area contributed by atoms with E-state index in [0.29, 0.717) is 0 Å². The smallest absolute Gasteiger partial charge is 0.657 e. The van der Waals surface area contributed by atoms with Crippen molar-refractivity contribution in [1.82, 2.24) is 0 Å². The van der Waals surface area contributed by atoms with Crippen LogP contribution in [0.4, 0.5) is 34.1 Å². The van der Waals surface area contributed by atoms with Crippen molar-refractivity contribution in [3.8, 4) is 0 Å². The number of hydrogen-bond donors (Lipinski definition) is 0. The second-order valence-electron chi connectivity index (χ2n) is 11.1. The van der Waals surface area contributed by atoms with Gasteiger partial charge < -0.3 is 16.0 Å². The zero-order chi connectivity index (χ0) is 32.0. The van der Waals surface area contributed by atoms with Crippen LogP contribution in [-0.2, 0) is 17.4 Å². The van der Waals surface area contributed by atoms with E-state index >= 15 is 0 Å². The van der Waals surface area contributed by atoms with Gasteiger partial charge in [0.25, 0.3) is 0 Å². The van der Waals surface area contributed by atoms with Crippen LogP contribution in [0, 0.1) is 41.5 Å². The Hall–Kier alpha value is -4.75. The van der Waals surface area contributed by atoms with E-state index in [1.807, 2.05) is 109 Å². The summed E-state index contributed by atoms with van der Waals surface area (Å²) in [5.74, 6) is 0. The number of aryl methyl sites for hydroxylation is 6. The normalized spacial score (nSPS) is 9.78. The van der Waals surface area contributed by atoms with Crippen molar-refractivity contribution >= 4 is 34.1 Å². The van der Waals surface area contributed by atoms with E-state index < -0.39 is 0 Å². The Morgan fingerprint density at radius 2 is 0.370 bits per heavy atom. The van der Waals surface area contributed by atoms with Gasteiger partial charge in [-0.3, -0.25) is 0 Å². The van der Waals surface area contributed by atoms with Gasteiger partial charge in [-0.15, -0.1) is 34.1 Å². The fraction of sp³-hybridized carbons (Fsp3) is 0.143.